The lowest BCUT2D eigenvalue weighted by Gasteiger charge is -2.16. The first kappa shape index (κ1) is 17.6. The number of benzene rings is 2. The van der Waals surface area contributed by atoms with Crippen LogP contribution in [-0.4, -0.2) is 28.0 Å². The minimum Gasteiger partial charge on any atom is -0.377 e. The summed E-state index contributed by atoms with van der Waals surface area (Å²) in [7, 11) is 0. The molecule has 1 atom stereocenters. The van der Waals surface area contributed by atoms with E-state index in [4.69, 9.17) is 21.3 Å². The van der Waals surface area contributed by atoms with Gasteiger partial charge in [0, 0.05) is 17.4 Å². The molecular formula is C20H19ClN2O2S. The van der Waals surface area contributed by atoms with Gasteiger partial charge in [-0.25, -0.2) is 4.98 Å². The van der Waals surface area contributed by atoms with Crippen molar-refractivity contribution in [1.29, 1.82) is 0 Å². The molecule has 0 amide bonds. The number of rotatable bonds is 4. The number of nitrogens with zero attached hydrogens (tertiary/aromatic N) is 2. The van der Waals surface area contributed by atoms with Gasteiger partial charge in [0.15, 0.2) is 5.16 Å². The number of hydrogen-bond acceptors (Lipinski definition) is 4. The number of halogens is 1. The molecule has 1 saturated heterocycles. The second kappa shape index (κ2) is 7.43. The molecule has 0 aliphatic carbocycles. The third-order valence-electron chi connectivity index (χ3n) is 4.58. The average molecular weight is 387 g/mol. The van der Waals surface area contributed by atoms with Gasteiger partial charge >= 0.3 is 0 Å². The Morgan fingerprint density at radius 3 is 2.92 bits per heavy atom. The van der Waals surface area contributed by atoms with Crippen LogP contribution in [0.2, 0.25) is 5.02 Å². The molecule has 1 aromatic heterocycles. The van der Waals surface area contributed by atoms with Crippen LogP contribution >= 0.6 is 23.4 Å². The third kappa shape index (κ3) is 3.39. The minimum absolute atomic E-state index is 0.0733. The van der Waals surface area contributed by atoms with Crippen LogP contribution in [0.25, 0.3) is 16.6 Å². The standard InChI is InChI=1S/C20H19ClN2O2S/c1-13-5-2-3-7-18(13)23-19(24)16-9-8-14(21)11-17(16)22-20(23)26-12-15-6-4-10-25-15/h2-3,5,7-9,11,15H,4,6,10,12H2,1H3. The van der Waals surface area contributed by atoms with Crippen molar-refractivity contribution in [3.05, 3.63) is 63.4 Å². The predicted octanol–water partition coefficient (Wildman–Crippen LogP) is 4.62. The maximum Gasteiger partial charge on any atom is 0.266 e. The summed E-state index contributed by atoms with van der Waals surface area (Å²) in [4.78, 5) is 18.0. The molecular weight excluding hydrogens is 368 g/mol. The van der Waals surface area contributed by atoms with Gasteiger partial charge in [-0.1, -0.05) is 41.6 Å². The van der Waals surface area contributed by atoms with Gasteiger partial charge in [-0.2, -0.15) is 0 Å². The molecule has 2 aromatic carbocycles. The van der Waals surface area contributed by atoms with Crippen LogP contribution in [0.5, 0.6) is 0 Å². The van der Waals surface area contributed by atoms with Crippen LogP contribution in [0.4, 0.5) is 0 Å². The fourth-order valence-electron chi connectivity index (χ4n) is 3.21. The molecule has 26 heavy (non-hydrogen) atoms. The van der Waals surface area contributed by atoms with Crippen molar-refractivity contribution in [3.63, 3.8) is 0 Å². The fourth-order valence-corrected chi connectivity index (χ4v) is 4.44. The Bertz CT molecular complexity index is 1010. The highest BCUT2D eigenvalue weighted by Crippen LogP contribution is 2.27. The van der Waals surface area contributed by atoms with Gasteiger partial charge in [-0.15, -0.1) is 0 Å². The zero-order chi connectivity index (χ0) is 18.1. The van der Waals surface area contributed by atoms with E-state index in [9.17, 15) is 4.79 Å². The molecule has 134 valence electrons. The van der Waals surface area contributed by atoms with Crippen LogP contribution in [-0.2, 0) is 4.74 Å². The summed E-state index contributed by atoms with van der Waals surface area (Å²) in [5.41, 5.74) is 2.44. The van der Waals surface area contributed by atoms with Gasteiger partial charge in [0.25, 0.3) is 5.56 Å². The summed E-state index contributed by atoms with van der Waals surface area (Å²) in [6, 6.07) is 13.1. The molecule has 1 aliphatic rings. The Morgan fingerprint density at radius 1 is 1.31 bits per heavy atom. The van der Waals surface area contributed by atoms with Crippen molar-refractivity contribution in [2.45, 2.75) is 31.0 Å². The molecule has 2 heterocycles. The van der Waals surface area contributed by atoms with Gasteiger partial charge < -0.3 is 4.74 Å². The first-order chi connectivity index (χ1) is 12.6. The minimum atomic E-state index is -0.0733. The van der Waals surface area contributed by atoms with E-state index >= 15 is 0 Å². The summed E-state index contributed by atoms with van der Waals surface area (Å²) < 4.78 is 7.44. The molecule has 4 rings (SSSR count). The van der Waals surface area contributed by atoms with Crippen molar-refractivity contribution in [2.24, 2.45) is 0 Å². The van der Waals surface area contributed by atoms with E-state index in [-0.39, 0.29) is 11.7 Å². The zero-order valence-electron chi connectivity index (χ0n) is 14.4. The Kier molecular flexibility index (Phi) is 5.02. The van der Waals surface area contributed by atoms with Gasteiger partial charge in [-0.05, 0) is 49.6 Å². The van der Waals surface area contributed by atoms with E-state index in [1.807, 2.05) is 31.2 Å². The van der Waals surface area contributed by atoms with Crippen LogP contribution in [0.3, 0.4) is 0 Å². The highest BCUT2D eigenvalue weighted by molar-refractivity contribution is 7.99. The fraction of sp³-hybridized carbons (Fsp3) is 0.300. The van der Waals surface area contributed by atoms with Crippen LogP contribution in [0.1, 0.15) is 18.4 Å². The van der Waals surface area contributed by atoms with Crippen molar-refractivity contribution in [2.75, 3.05) is 12.4 Å². The molecule has 0 radical (unpaired) electrons. The Balaban J connectivity index is 1.87. The second-order valence-electron chi connectivity index (χ2n) is 6.43. The molecule has 1 aliphatic heterocycles. The lowest BCUT2D eigenvalue weighted by atomic mass is 10.2. The number of ether oxygens (including phenoxy) is 1. The summed E-state index contributed by atoms with van der Waals surface area (Å²) in [6.45, 7) is 2.82. The second-order valence-corrected chi connectivity index (χ2v) is 7.85. The number of fused-ring (bicyclic) bond motifs is 1. The lowest BCUT2D eigenvalue weighted by Crippen LogP contribution is -2.23. The van der Waals surface area contributed by atoms with Crippen molar-refractivity contribution >= 4 is 34.3 Å². The smallest absolute Gasteiger partial charge is 0.266 e. The predicted molar refractivity (Wildman–Crippen MR) is 107 cm³/mol. The normalized spacial score (nSPS) is 17.1. The molecule has 1 fully saturated rings. The summed E-state index contributed by atoms with van der Waals surface area (Å²) in [6.07, 6.45) is 2.37. The molecule has 6 heteroatoms. The first-order valence-electron chi connectivity index (χ1n) is 8.66. The van der Waals surface area contributed by atoms with Gasteiger partial charge in [0.1, 0.15) is 0 Å². The van der Waals surface area contributed by atoms with E-state index in [2.05, 4.69) is 0 Å². The lowest BCUT2D eigenvalue weighted by molar-refractivity contribution is 0.129. The van der Waals surface area contributed by atoms with E-state index in [1.165, 1.54) is 0 Å². The Hall–Kier alpha value is -1.82. The number of aromatic nitrogens is 2. The molecule has 0 saturated carbocycles. The molecule has 1 unspecified atom stereocenters. The number of thioether (sulfide) groups is 1. The molecule has 0 bridgehead atoms. The van der Waals surface area contributed by atoms with Crippen molar-refractivity contribution in [3.8, 4) is 5.69 Å². The van der Waals surface area contributed by atoms with Crippen LogP contribution < -0.4 is 5.56 Å². The SMILES string of the molecule is Cc1ccccc1-n1c(SCC2CCCO2)nc2cc(Cl)ccc2c1=O. The number of para-hydroxylation sites is 1. The Morgan fingerprint density at radius 2 is 2.15 bits per heavy atom. The highest BCUT2D eigenvalue weighted by atomic mass is 35.5. The maximum atomic E-state index is 13.2. The average Bonchev–Trinajstić information content (AvgIpc) is 3.14. The van der Waals surface area contributed by atoms with Gasteiger partial charge in [0.05, 0.1) is 22.7 Å². The first-order valence-corrected chi connectivity index (χ1v) is 10.0. The van der Waals surface area contributed by atoms with Crippen molar-refractivity contribution < 1.29 is 4.74 Å². The maximum absolute atomic E-state index is 13.2. The molecule has 0 N–H and O–H groups in total. The summed E-state index contributed by atoms with van der Waals surface area (Å²) in [5.74, 6) is 0.782. The highest BCUT2D eigenvalue weighted by Gasteiger charge is 2.19. The topological polar surface area (TPSA) is 44.1 Å². The van der Waals surface area contributed by atoms with Crippen molar-refractivity contribution in [1.82, 2.24) is 9.55 Å². The Labute approximate surface area is 161 Å². The molecule has 3 aromatic rings. The zero-order valence-corrected chi connectivity index (χ0v) is 16.0. The van der Waals surface area contributed by atoms with Crippen LogP contribution in [0.15, 0.2) is 52.4 Å². The summed E-state index contributed by atoms with van der Waals surface area (Å²) >= 11 is 7.68. The van der Waals surface area contributed by atoms with E-state index in [1.54, 1.807) is 34.5 Å². The van der Waals surface area contributed by atoms with E-state index in [0.717, 1.165) is 36.5 Å². The number of hydrogen-bond donors (Lipinski definition) is 0. The largest absolute Gasteiger partial charge is 0.377 e. The monoisotopic (exact) mass is 386 g/mol. The van der Waals surface area contributed by atoms with E-state index < -0.39 is 0 Å². The molecule has 4 nitrogen and oxygen atoms in total. The molecule has 0 spiro atoms. The quantitative estimate of drug-likeness (QED) is 0.484. The van der Waals surface area contributed by atoms with Gasteiger partial charge in [0.2, 0.25) is 0 Å². The third-order valence-corrected chi connectivity index (χ3v) is 5.88. The summed E-state index contributed by atoms with van der Waals surface area (Å²) in [5, 5.41) is 1.82. The number of aryl methyl sites for hydroxylation is 1. The van der Waals surface area contributed by atoms with E-state index in [0.29, 0.717) is 21.1 Å². The van der Waals surface area contributed by atoms with Gasteiger partial charge in [-0.3, -0.25) is 9.36 Å². The van der Waals surface area contributed by atoms with Crippen LogP contribution in [0, 0.1) is 6.92 Å².